The Bertz CT molecular complexity index is 3260. The number of benzene rings is 2. The first kappa shape index (κ1) is 58.1. The molecule has 20 nitrogen and oxygen atoms in total. The molecule has 24 heteroatoms. The van der Waals surface area contributed by atoms with Crippen molar-refractivity contribution in [2.45, 2.75) is 212 Å². The van der Waals surface area contributed by atoms with Crippen LogP contribution in [0.2, 0.25) is 0 Å². The molecule has 0 radical (unpaired) electrons. The fourth-order valence-corrected chi connectivity index (χ4v) is 14.5. The van der Waals surface area contributed by atoms with Crippen LogP contribution < -0.4 is 16.0 Å². The van der Waals surface area contributed by atoms with Crippen LogP contribution in [0.3, 0.4) is 0 Å². The van der Waals surface area contributed by atoms with E-state index in [1.807, 2.05) is 13.8 Å². The number of amides is 4. The molecule has 0 aliphatic heterocycles. The fourth-order valence-electron chi connectivity index (χ4n) is 10.1. The van der Waals surface area contributed by atoms with Gasteiger partial charge in [0, 0.05) is 52.4 Å². The van der Waals surface area contributed by atoms with Crippen LogP contribution in [-0.4, -0.2) is 108 Å². The van der Waals surface area contributed by atoms with Gasteiger partial charge >= 0.3 is 24.4 Å². The van der Waals surface area contributed by atoms with E-state index in [0.29, 0.717) is 32.1 Å². The van der Waals surface area contributed by atoms with Gasteiger partial charge in [0.15, 0.2) is 0 Å². The minimum absolute atomic E-state index is 0.0200. The van der Waals surface area contributed by atoms with E-state index >= 15 is 8.78 Å². The van der Waals surface area contributed by atoms with Crippen LogP contribution in [0.1, 0.15) is 168 Å². The molecule has 2 aromatic carbocycles. The van der Waals surface area contributed by atoms with Crippen molar-refractivity contribution in [1.82, 2.24) is 30.2 Å². The van der Waals surface area contributed by atoms with Gasteiger partial charge in [-0.05, 0) is 205 Å². The molecule has 6 saturated carbocycles. The molecular weight excluding hydrogens is 1070 g/mol. The summed E-state index contributed by atoms with van der Waals surface area (Å²) in [6.45, 7) is 14.2. The minimum Gasteiger partial charge on any atom is -0.465 e. The molecule has 2 unspecified atom stereocenters. The van der Waals surface area contributed by atoms with E-state index in [0.717, 1.165) is 81.0 Å². The second kappa shape index (κ2) is 22.4. The molecule has 4 aromatic rings. The Morgan fingerprint density at radius 2 is 1.09 bits per heavy atom. The number of ether oxygens (including phenoxy) is 3. The van der Waals surface area contributed by atoms with E-state index in [-0.39, 0.29) is 84.7 Å². The summed E-state index contributed by atoms with van der Waals surface area (Å²) in [4.78, 5) is 67.9. The first-order valence-electron chi connectivity index (χ1n) is 27.4. The van der Waals surface area contributed by atoms with Crippen molar-refractivity contribution < 1.29 is 55.7 Å². The maximum absolute atomic E-state index is 15.1. The van der Waals surface area contributed by atoms with Crippen molar-refractivity contribution in [3.63, 3.8) is 0 Å². The highest BCUT2D eigenvalue weighted by Gasteiger charge is 2.50. The Kier molecular flexibility index (Phi) is 16.3. The summed E-state index contributed by atoms with van der Waals surface area (Å²) in [5.41, 5.74) is 0.127. The smallest absolute Gasteiger partial charge is 0.442 e. The summed E-state index contributed by atoms with van der Waals surface area (Å²) in [5, 5.41) is 17.8. The molecule has 4 N–H and O–H groups in total. The monoisotopic (exact) mass is 1150 g/mol. The summed E-state index contributed by atoms with van der Waals surface area (Å²) in [5.74, 6) is -0.596. The molecule has 6 fully saturated rings. The molecular formula is C56H72F2N10O10S2. The normalized spacial score (nSPS) is 23.1. The summed E-state index contributed by atoms with van der Waals surface area (Å²) >= 11 is 0. The molecule has 2 aromatic heterocycles. The second-order valence-corrected chi connectivity index (χ2v) is 29.3. The number of halogens is 2. The predicted molar refractivity (Wildman–Crippen MR) is 295 cm³/mol. The van der Waals surface area contributed by atoms with Gasteiger partial charge in [-0.15, -0.1) is 8.73 Å². The zero-order chi connectivity index (χ0) is 57.6. The Morgan fingerprint density at radius 3 is 1.48 bits per heavy atom. The van der Waals surface area contributed by atoms with E-state index in [1.54, 1.807) is 71.2 Å². The van der Waals surface area contributed by atoms with E-state index in [1.165, 1.54) is 24.3 Å². The molecule has 0 bridgehead atoms. The topological polar surface area (TPSA) is 266 Å². The van der Waals surface area contributed by atoms with Gasteiger partial charge in [0.05, 0.1) is 40.6 Å². The van der Waals surface area contributed by atoms with Crippen molar-refractivity contribution in [2.24, 2.45) is 8.73 Å². The van der Waals surface area contributed by atoms with Crippen LogP contribution in [0.25, 0.3) is 0 Å². The Hall–Kier alpha value is -6.56. The van der Waals surface area contributed by atoms with Crippen LogP contribution in [0.15, 0.2) is 79.7 Å². The molecule has 80 heavy (non-hydrogen) atoms. The van der Waals surface area contributed by atoms with Crippen LogP contribution >= 0.6 is 0 Å². The number of alkyl carbamates (subject to hydrolysis) is 1. The van der Waals surface area contributed by atoms with E-state index in [4.69, 9.17) is 14.2 Å². The zero-order valence-electron chi connectivity index (χ0n) is 46.5. The quantitative estimate of drug-likeness (QED) is 0.0855. The van der Waals surface area contributed by atoms with Gasteiger partial charge < -0.3 is 35.3 Å². The maximum atomic E-state index is 15.1. The van der Waals surface area contributed by atoms with Gasteiger partial charge in [0.1, 0.15) is 28.9 Å². The molecule has 6 aliphatic rings. The lowest BCUT2D eigenvalue weighted by Crippen LogP contribution is -2.45. The number of anilines is 4. The highest BCUT2D eigenvalue weighted by atomic mass is 32.2. The number of carbonyl (C=O) groups excluding carboxylic acids is 3. The minimum atomic E-state index is -3.18. The molecule has 432 valence electrons. The first-order chi connectivity index (χ1) is 37.6. The zero-order valence-corrected chi connectivity index (χ0v) is 48.1. The standard InChI is InChI=1S/2C28H36FN5O5S/c1-27(2,3)39-25(35)33-40(38,20-7-8-20)21-9-10-23(22(29)14-21)32-24-30-15-18(16-31-24)17-5-6-19(13-17)34(26(36)37)28(4)11-12-28;1-27(2,3)39-26(36)34-40(37,20-7-8-20)21-9-10-23(22(29)14-21)32-24-30-15-18(16-31-24)17-5-6-19(13-17)38-25(35)33-28(4)11-12-28/h9-10,14-17,19-20H,5-8,11-13H2,1-4H3,(H,36,37)(H,30,31,32);9-10,14-17,19-20H,5-8,11-13H2,1-4H3,(H,33,35)(H,30,31,32)/t2*17-,19+,40?/m01/s1. The molecule has 2 heterocycles. The van der Waals surface area contributed by atoms with Crippen molar-refractivity contribution in [3.05, 3.63) is 83.9 Å². The van der Waals surface area contributed by atoms with Crippen LogP contribution in [0, 0.1) is 11.6 Å². The number of carbonyl (C=O) groups is 4. The van der Waals surface area contributed by atoms with E-state index in [2.05, 4.69) is 44.6 Å². The number of aromatic nitrogens is 4. The van der Waals surface area contributed by atoms with Gasteiger partial charge in [-0.1, -0.05) is 0 Å². The van der Waals surface area contributed by atoms with Gasteiger partial charge in [0.25, 0.3) is 0 Å². The highest BCUT2D eigenvalue weighted by Crippen LogP contribution is 2.48. The van der Waals surface area contributed by atoms with Crippen molar-refractivity contribution in [1.29, 1.82) is 0 Å². The number of hydrogen-bond acceptors (Lipinski definition) is 15. The van der Waals surface area contributed by atoms with Gasteiger partial charge in [0.2, 0.25) is 11.9 Å². The number of hydrogen-bond donors (Lipinski definition) is 4. The molecule has 0 saturated heterocycles. The Labute approximate surface area is 466 Å². The second-order valence-electron chi connectivity index (χ2n) is 24.4. The molecule has 4 amide bonds. The molecule has 0 spiro atoms. The third-order valence-electron chi connectivity index (χ3n) is 15.1. The Morgan fingerprint density at radius 1 is 0.650 bits per heavy atom. The predicted octanol–water partition coefficient (Wildman–Crippen LogP) is 12.7. The lowest BCUT2D eigenvalue weighted by atomic mass is 10.0. The van der Waals surface area contributed by atoms with E-state index in [9.17, 15) is 32.7 Å². The van der Waals surface area contributed by atoms with Gasteiger partial charge in [-0.3, -0.25) is 4.90 Å². The summed E-state index contributed by atoms with van der Waals surface area (Å²) in [7, 11) is -6.36. The fraction of sp³-hybridized carbons (Fsp3) is 0.571. The van der Waals surface area contributed by atoms with Crippen LogP contribution in [0.4, 0.5) is 51.2 Å². The largest absolute Gasteiger partial charge is 0.465 e. The van der Waals surface area contributed by atoms with Crippen LogP contribution in [-0.2, 0) is 33.7 Å². The molecule has 6 atom stereocenters. The maximum Gasteiger partial charge on any atom is 0.442 e. The average molecular weight is 1150 g/mol. The lowest BCUT2D eigenvalue weighted by molar-refractivity contribution is 0.0595. The number of nitrogens with one attached hydrogen (secondary N) is 3. The first-order valence-corrected chi connectivity index (χ1v) is 30.5. The van der Waals surface area contributed by atoms with Crippen molar-refractivity contribution >= 4 is 67.1 Å². The van der Waals surface area contributed by atoms with Crippen LogP contribution in [0.5, 0.6) is 0 Å². The number of rotatable bonds is 14. The molecule has 6 aliphatic carbocycles. The third kappa shape index (κ3) is 14.5. The highest BCUT2D eigenvalue weighted by molar-refractivity contribution is 7.95. The summed E-state index contributed by atoms with van der Waals surface area (Å²) in [6, 6.07) is 8.15. The van der Waals surface area contributed by atoms with Crippen molar-refractivity contribution in [3.8, 4) is 0 Å². The summed E-state index contributed by atoms with van der Waals surface area (Å²) in [6.07, 6.45) is 14.6. The summed E-state index contributed by atoms with van der Waals surface area (Å²) < 4.78 is 81.4. The van der Waals surface area contributed by atoms with E-state index < -0.39 is 60.6 Å². The SMILES string of the molecule is CC(C)(C)OC(=O)N=S(=O)(c1ccc(Nc2ncc([C@H]3CC[C@@H](N(C(=O)O)C4(C)CC4)C3)cn2)c(F)c1)C1CC1.CC1(NC(=O)O[C@H]2CC[C@@H](c3cnc(Nc4ccc(S(=O)(=NC(=O)OC(C)(C)C)C5CC5)cc4F)nc3)C2)CC1. The van der Waals surface area contributed by atoms with Gasteiger partial charge in [-0.25, -0.2) is 56.3 Å². The van der Waals surface area contributed by atoms with Gasteiger partial charge in [-0.2, -0.15) is 0 Å². The van der Waals surface area contributed by atoms with Crippen molar-refractivity contribution in [2.75, 3.05) is 10.6 Å². The number of carboxylic acid groups (broad SMARTS) is 1. The lowest BCUT2D eigenvalue weighted by Gasteiger charge is -2.32. The average Bonchev–Trinajstić information content (AvgIpc) is 4.26. The Balaban J connectivity index is 0.000000194. The molecule has 10 rings (SSSR count). The number of nitrogens with zero attached hydrogens (tertiary/aromatic N) is 7. The third-order valence-corrected chi connectivity index (χ3v) is 20.5.